The van der Waals surface area contributed by atoms with E-state index in [1.165, 1.54) is 18.2 Å². The molecule has 136 valence electrons. The summed E-state index contributed by atoms with van der Waals surface area (Å²) in [6.45, 7) is 0. The van der Waals surface area contributed by atoms with Gasteiger partial charge in [-0.2, -0.15) is 13.2 Å². The zero-order chi connectivity index (χ0) is 19.2. The lowest BCUT2D eigenvalue weighted by atomic mass is 10.2. The van der Waals surface area contributed by atoms with Gasteiger partial charge in [-0.25, -0.2) is 4.79 Å². The van der Waals surface area contributed by atoms with E-state index in [0.717, 1.165) is 18.2 Å². The largest absolute Gasteiger partial charge is 0.437 e. The predicted molar refractivity (Wildman–Crippen MR) is 90.1 cm³/mol. The summed E-state index contributed by atoms with van der Waals surface area (Å²) in [5, 5.41) is 8.13. The normalized spacial score (nSPS) is 11.2. The highest BCUT2D eigenvalue weighted by atomic mass is 35.5. The number of alkyl halides is 3. The third-order valence-corrected chi connectivity index (χ3v) is 3.11. The number of hydrogen-bond acceptors (Lipinski definition) is 4. The highest BCUT2D eigenvalue weighted by Crippen LogP contribution is 2.30. The Morgan fingerprint density at radius 3 is 2.38 bits per heavy atom. The molecule has 0 aliphatic carbocycles. The molecule has 0 radical (unpaired) electrons. The molecule has 2 aromatic carbocycles. The smallest absolute Gasteiger partial charge is 0.321 e. The summed E-state index contributed by atoms with van der Waals surface area (Å²) in [4.78, 5) is 27.4. The Kier molecular flexibility index (Phi) is 6.18. The number of rotatable bonds is 4. The van der Waals surface area contributed by atoms with Crippen molar-refractivity contribution in [3.63, 3.8) is 0 Å². The Balaban J connectivity index is 1.85. The Bertz CT molecular complexity index is 823. The summed E-state index contributed by atoms with van der Waals surface area (Å²) in [6.07, 6.45) is -4.88. The molecule has 2 aromatic rings. The van der Waals surface area contributed by atoms with Crippen molar-refractivity contribution in [3.8, 4) is 0 Å². The van der Waals surface area contributed by atoms with Gasteiger partial charge >= 0.3 is 12.3 Å². The SMILES string of the molecule is O=C(C=NOC(=O)Nc1ccc(Cl)cc1)Nc1cccc(C(F)(F)F)c1. The van der Waals surface area contributed by atoms with Gasteiger partial charge in [-0.1, -0.05) is 22.8 Å². The molecule has 26 heavy (non-hydrogen) atoms. The zero-order valence-electron chi connectivity index (χ0n) is 12.9. The molecule has 2 N–H and O–H groups in total. The van der Waals surface area contributed by atoms with Gasteiger partial charge in [0.05, 0.1) is 5.56 Å². The van der Waals surface area contributed by atoms with Crippen LogP contribution >= 0.6 is 11.6 Å². The number of carbonyl (C=O) groups excluding carboxylic acids is 2. The van der Waals surface area contributed by atoms with Crippen molar-refractivity contribution in [3.05, 3.63) is 59.1 Å². The molecule has 6 nitrogen and oxygen atoms in total. The number of hydrogen-bond donors (Lipinski definition) is 2. The molecule has 0 saturated carbocycles. The Morgan fingerprint density at radius 1 is 1.04 bits per heavy atom. The van der Waals surface area contributed by atoms with E-state index >= 15 is 0 Å². The van der Waals surface area contributed by atoms with Crippen molar-refractivity contribution in [2.75, 3.05) is 10.6 Å². The van der Waals surface area contributed by atoms with Crippen LogP contribution in [-0.2, 0) is 15.8 Å². The van der Waals surface area contributed by atoms with Gasteiger partial charge < -0.3 is 5.32 Å². The standard InChI is InChI=1S/C16H11ClF3N3O3/c17-11-4-6-12(7-5-11)23-15(25)26-21-9-14(24)22-13-3-1-2-10(8-13)16(18,19)20/h1-9H,(H,22,24)(H,23,25). The molecule has 0 heterocycles. The summed E-state index contributed by atoms with van der Waals surface area (Å²) in [5.41, 5.74) is -0.601. The van der Waals surface area contributed by atoms with Crippen molar-refractivity contribution in [1.82, 2.24) is 0 Å². The summed E-state index contributed by atoms with van der Waals surface area (Å²) in [6, 6.07) is 10.2. The molecule has 10 heteroatoms. The average Bonchev–Trinajstić information content (AvgIpc) is 2.56. The minimum Gasteiger partial charge on any atom is -0.321 e. The van der Waals surface area contributed by atoms with Crippen LogP contribution in [0.15, 0.2) is 53.7 Å². The van der Waals surface area contributed by atoms with Gasteiger partial charge in [-0.15, -0.1) is 0 Å². The van der Waals surface area contributed by atoms with Gasteiger partial charge in [-0.05, 0) is 42.5 Å². The number of nitrogens with one attached hydrogen (secondary N) is 2. The zero-order valence-corrected chi connectivity index (χ0v) is 13.6. The second-order valence-electron chi connectivity index (χ2n) is 4.81. The minimum absolute atomic E-state index is 0.0816. The van der Waals surface area contributed by atoms with E-state index in [4.69, 9.17) is 11.6 Å². The maximum atomic E-state index is 12.6. The van der Waals surface area contributed by atoms with E-state index < -0.39 is 23.7 Å². The number of halogens is 4. The number of benzene rings is 2. The third-order valence-electron chi connectivity index (χ3n) is 2.85. The second kappa shape index (κ2) is 8.34. The highest BCUT2D eigenvalue weighted by Gasteiger charge is 2.30. The number of oxime groups is 1. The van der Waals surface area contributed by atoms with Gasteiger partial charge in [0.25, 0.3) is 5.91 Å². The lowest BCUT2D eigenvalue weighted by Crippen LogP contribution is -2.15. The van der Waals surface area contributed by atoms with Crippen LogP contribution in [0.3, 0.4) is 0 Å². The van der Waals surface area contributed by atoms with Crippen LogP contribution in [0.25, 0.3) is 0 Å². The van der Waals surface area contributed by atoms with Crippen molar-refractivity contribution in [2.24, 2.45) is 5.16 Å². The first-order valence-electron chi connectivity index (χ1n) is 6.99. The first-order chi connectivity index (χ1) is 12.2. The minimum atomic E-state index is -4.53. The van der Waals surface area contributed by atoms with Crippen LogP contribution in [0.2, 0.25) is 5.02 Å². The van der Waals surface area contributed by atoms with Crippen LogP contribution in [-0.4, -0.2) is 18.2 Å². The number of amides is 2. The molecule has 0 saturated heterocycles. The fraction of sp³-hybridized carbons (Fsp3) is 0.0625. The van der Waals surface area contributed by atoms with Crippen LogP contribution in [0.4, 0.5) is 29.3 Å². The fourth-order valence-electron chi connectivity index (χ4n) is 1.74. The first kappa shape index (κ1) is 19.3. The van der Waals surface area contributed by atoms with Crippen LogP contribution in [0, 0.1) is 0 Å². The van der Waals surface area contributed by atoms with E-state index in [2.05, 4.69) is 20.6 Å². The number of nitrogens with zero attached hydrogens (tertiary/aromatic N) is 1. The lowest BCUT2D eigenvalue weighted by molar-refractivity contribution is -0.137. The third kappa shape index (κ3) is 6.10. The quantitative estimate of drug-likeness (QED) is 0.461. The molecule has 0 aliphatic heterocycles. The molecule has 0 aromatic heterocycles. The first-order valence-corrected chi connectivity index (χ1v) is 7.37. The summed E-state index contributed by atoms with van der Waals surface area (Å²) < 4.78 is 37.8. The van der Waals surface area contributed by atoms with Crippen molar-refractivity contribution < 1.29 is 27.6 Å². The van der Waals surface area contributed by atoms with Crippen molar-refractivity contribution >= 4 is 41.2 Å². The van der Waals surface area contributed by atoms with E-state index in [-0.39, 0.29) is 5.69 Å². The van der Waals surface area contributed by atoms with E-state index in [0.29, 0.717) is 16.9 Å². The molecule has 2 rings (SSSR count). The molecule has 0 unspecified atom stereocenters. The summed E-state index contributed by atoms with van der Waals surface area (Å²) >= 11 is 5.69. The monoisotopic (exact) mass is 385 g/mol. The average molecular weight is 386 g/mol. The lowest BCUT2D eigenvalue weighted by Gasteiger charge is -2.08. The molecule has 0 fully saturated rings. The van der Waals surface area contributed by atoms with E-state index in [9.17, 15) is 22.8 Å². The molecule has 0 spiro atoms. The number of carbonyl (C=O) groups is 2. The van der Waals surface area contributed by atoms with Crippen LogP contribution in [0.1, 0.15) is 5.56 Å². The van der Waals surface area contributed by atoms with Crippen molar-refractivity contribution in [2.45, 2.75) is 6.18 Å². The van der Waals surface area contributed by atoms with Gasteiger partial charge in [0.1, 0.15) is 6.21 Å². The Labute approximate surface area is 150 Å². The second-order valence-corrected chi connectivity index (χ2v) is 5.25. The van der Waals surface area contributed by atoms with Gasteiger partial charge in [0, 0.05) is 16.4 Å². The van der Waals surface area contributed by atoms with E-state index in [1.54, 1.807) is 12.1 Å². The van der Waals surface area contributed by atoms with Gasteiger partial charge in [-0.3, -0.25) is 14.9 Å². The maximum Gasteiger partial charge on any atom is 0.437 e. The summed E-state index contributed by atoms with van der Waals surface area (Å²) in [5.74, 6) is -0.872. The predicted octanol–water partition coefficient (Wildman–Crippen LogP) is 4.53. The Morgan fingerprint density at radius 2 is 1.73 bits per heavy atom. The Hall–Kier alpha value is -3.07. The molecular weight excluding hydrogens is 375 g/mol. The fourth-order valence-corrected chi connectivity index (χ4v) is 1.87. The van der Waals surface area contributed by atoms with E-state index in [1.807, 2.05) is 0 Å². The van der Waals surface area contributed by atoms with Gasteiger partial charge in [0.2, 0.25) is 0 Å². The van der Waals surface area contributed by atoms with Gasteiger partial charge in [0.15, 0.2) is 0 Å². The highest BCUT2D eigenvalue weighted by molar-refractivity contribution is 6.31. The molecule has 0 aliphatic rings. The molecule has 0 bridgehead atoms. The topological polar surface area (TPSA) is 79.8 Å². The molecular formula is C16H11ClF3N3O3. The van der Waals surface area contributed by atoms with Crippen LogP contribution in [0.5, 0.6) is 0 Å². The summed E-state index contributed by atoms with van der Waals surface area (Å²) in [7, 11) is 0. The maximum absolute atomic E-state index is 12.6. The molecule has 2 amide bonds. The van der Waals surface area contributed by atoms with Crippen LogP contribution < -0.4 is 10.6 Å². The molecule has 0 atom stereocenters. The number of anilines is 2. The van der Waals surface area contributed by atoms with Crippen molar-refractivity contribution in [1.29, 1.82) is 0 Å².